The van der Waals surface area contributed by atoms with Crippen LogP contribution in [-0.4, -0.2) is 24.1 Å². The van der Waals surface area contributed by atoms with Crippen LogP contribution in [0.5, 0.6) is 0 Å². The van der Waals surface area contributed by atoms with Crippen molar-refractivity contribution in [2.45, 2.75) is 26.4 Å². The number of nitrogens with one attached hydrogen (secondary N) is 2. The van der Waals surface area contributed by atoms with Crippen LogP contribution in [-0.2, 0) is 9.53 Å². The van der Waals surface area contributed by atoms with Gasteiger partial charge < -0.3 is 15.4 Å². The van der Waals surface area contributed by atoms with Gasteiger partial charge in [0.1, 0.15) is 12.1 Å². The number of hydrogen-bond acceptors (Lipinski definition) is 3. The molecule has 0 bridgehead atoms. The lowest BCUT2D eigenvalue weighted by atomic mass is 10.2. The van der Waals surface area contributed by atoms with Crippen LogP contribution in [0.4, 0.5) is 10.5 Å². The Morgan fingerprint density at radius 2 is 1.95 bits per heavy atom. The van der Waals surface area contributed by atoms with E-state index in [4.69, 9.17) is 11.2 Å². The summed E-state index contributed by atoms with van der Waals surface area (Å²) in [6.45, 7) is 5.05. The summed E-state index contributed by atoms with van der Waals surface area (Å²) in [5.41, 5.74) is 0.514. The second kappa shape index (κ2) is 6.62. The Balaban J connectivity index is 2.49. The van der Waals surface area contributed by atoms with Gasteiger partial charge in [0.05, 0.1) is 5.69 Å². The minimum atomic E-state index is -0.641. The van der Waals surface area contributed by atoms with Crippen molar-refractivity contribution < 1.29 is 14.3 Å². The lowest BCUT2D eigenvalue weighted by Crippen LogP contribution is -2.37. The molecular weight excluding hydrogens is 256 g/mol. The third-order valence-corrected chi connectivity index (χ3v) is 2.15. The molecule has 0 aliphatic rings. The number of benzene rings is 1. The summed E-state index contributed by atoms with van der Waals surface area (Å²) < 4.78 is 5.02. The van der Waals surface area contributed by atoms with E-state index in [1.807, 2.05) is 0 Å². The van der Waals surface area contributed by atoms with Crippen molar-refractivity contribution in [1.29, 1.82) is 0 Å². The van der Waals surface area contributed by atoms with E-state index in [1.54, 1.807) is 45.0 Å². The molecule has 0 radical (unpaired) electrons. The molecule has 0 saturated carbocycles. The highest BCUT2D eigenvalue weighted by molar-refractivity contribution is 5.95. The van der Waals surface area contributed by atoms with E-state index < -0.39 is 11.7 Å². The number of alkyl carbamates (subject to hydrolysis) is 1. The van der Waals surface area contributed by atoms with Gasteiger partial charge >= 0.3 is 6.09 Å². The number of para-hydroxylation sites is 1. The molecule has 5 heteroatoms. The highest BCUT2D eigenvalue weighted by Crippen LogP contribution is 2.13. The Labute approximate surface area is 118 Å². The summed E-state index contributed by atoms with van der Waals surface area (Å²) in [6, 6.07) is 6.96. The fraction of sp³-hybridized carbons (Fsp3) is 0.333. The summed E-state index contributed by atoms with van der Waals surface area (Å²) in [4.78, 5) is 23.1. The summed E-state index contributed by atoms with van der Waals surface area (Å²) in [5.74, 6) is 2.09. The van der Waals surface area contributed by atoms with Crippen molar-refractivity contribution in [3.63, 3.8) is 0 Å². The molecule has 20 heavy (non-hydrogen) atoms. The van der Waals surface area contributed by atoms with Crippen LogP contribution >= 0.6 is 0 Å². The summed E-state index contributed by atoms with van der Waals surface area (Å²) in [6.07, 6.45) is 4.69. The van der Waals surface area contributed by atoms with Gasteiger partial charge in [0, 0.05) is 5.56 Å². The largest absolute Gasteiger partial charge is 0.444 e. The van der Waals surface area contributed by atoms with Gasteiger partial charge in [-0.1, -0.05) is 18.1 Å². The molecule has 2 amide bonds. The molecule has 0 aromatic heterocycles. The van der Waals surface area contributed by atoms with E-state index in [2.05, 4.69) is 16.6 Å². The lowest BCUT2D eigenvalue weighted by molar-refractivity contribution is -0.115. The zero-order valence-corrected chi connectivity index (χ0v) is 11.8. The quantitative estimate of drug-likeness (QED) is 0.830. The molecule has 1 aromatic rings. The molecule has 0 aliphatic carbocycles. The lowest BCUT2D eigenvalue weighted by Gasteiger charge is -2.19. The Kier molecular flexibility index (Phi) is 5.15. The molecule has 5 nitrogen and oxygen atoms in total. The number of anilines is 1. The molecule has 0 saturated heterocycles. The van der Waals surface area contributed by atoms with Crippen molar-refractivity contribution in [1.82, 2.24) is 5.32 Å². The van der Waals surface area contributed by atoms with Crippen LogP contribution in [0.15, 0.2) is 24.3 Å². The molecule has 106 valence electrons. The molecule has 1 rings (SSSR count). The van der Waals surface area contributed by atoms with E-state index in [9.17, 15) is 9.59 Å². The van der Waals surface area contributed by atoms with Gasteiger partial charge in [-0.05, 0) is 32.9 Å². The Morgan fingerprint density at radius 1 is 1.30 bits per heavy atom. The molecule has 0 aliphatic heterocycles. The maximum absolute atomic E-state index is 11.7. The van der Waals surface area contributed by atoms with E-state index >= 15 is 0 Å². The van der Waals surface area contributed by atoms with Gasteiger partial charge in [0.25, 0.3) is 0 Å². The van der Waals surface area contributed by atoms with Crippen molar-refractivity contribution in [3.05, 3.63) is 29.8 Å². The number of amides is 2. The standard InChI is InChI=1S/C15H18N2O3/c1-5-11-8-6-7-9-12(11)17-13(18)10-16-14(19)20-15(2,3)4/h1,6-9H,10H2,2-4H3,(H,16,19)(H,17,18). The van der Waals surface area contributed by atoms with Gasteiger partial charge in [-0.3, -0.25) is 4.79 Å². The molecular formula is C15H18N2O3. The first-order valence-electron chi connectivity index (χ1n) is 6.14. The van der Waals surface area contributed by atoms with Gasteiger partial charge in [-0.2, -0.15) is 0 Å². The molecule has 1 aromatic carbocycles. The van der Waals surface area contributed by atoms with Gasteiger partial charge in [-0.15, -0.1) is 6.42 Å². The predicted molar refractivity (Wildman–Crippen MR) is 77.2 cm³/mol. The maximum Gasteiger partial charge on any atom is 0.408 e. The molecule has 0 spiro atoms. The predicted octanol–water partition coefficient (Wildman–Crippen LogP) is 2.13. The minimum Gasteiger partial charge on any atom is -0.444 e. The first kappa shape index (κ1) is 15.6. The van der Waals surface area contributed by atoms with Crippen molar-refractivity contribution in [2.24, 2.45) is 0 Å². The summed E-state index contributed by atoms with van der Waals surface area (Å²) in [5, 5.41) is 5.00. The highest BCUT2D eigenvalue weighted by atomic mass is 16.6. The third kappa shape index (κ3) is 5.44. The first-order valence-corrected chi connectivity index (χ1v) is 6.14. The van der Waals surface area contributed by atoms with E-state index in [0.29, 0.717) is 11.3 Å². The van der Waals surface area contributed by atoms with Crippen LogP contribution in [0.25, 0.3) is 0 Å². The Bertz CT molecular complexity index is 539. The van der Waals surface area contributed by atoms with Gasteiger partial charge in [0.2, 0.25) is 5.91 Å². The number of terminal acetylenes is 1. The fourth-order valence-electron chi connectivity index (χ4n) is 1.38. The first-order chi connectivity index (χ1) is 9.31. The summed E-state index contributed by atoms with van der Waals surface area (Å²) in [7, 11) is 0. The van der Waals surface area contributed by atoms with Crippen molar-refractivity contribution >= 4 is 17.7 Å². The van der Waals surface area contributed by atoms with Crippen LogP contribution in [0.2, 0.25) is 0 Å². The average molecular weight is 274 g/mol. The Hall–Kier alpha value is -2.48. The number of rotatable bonds is 3. The molecule has 0 unspecified atom stereocenters. The zero-order chi connectivity index (χ0) is 15.2. The van der Waals surface area contributed by atoms with Crippen LogP contribution in [0.3, 0.4) is 0 Å². The van der Waals surface area contributed by atoms with E-state index in [1.165, 1.54) is 0 Å². The number of carbonyl (C=O) groups excluding carboxylic acids is 2. The average Bonchev–Trinajstić information content (AvgIpc) is 2.35. The van der Waals surface area contributed by atoms with Crippen LogP contribution < -0.4 is 10.6 Å². The Morgan fingerprint density at radius 3 is 2.55 bits per heavy atom. The maximum atomic E-state index is 11.7. The van der Waals surface area contributed by atoms with Crippen LogP contribution in [0.1, 0.15) is 26.3 Å². The van der Waals surface area contributed by atoms with Crippen molar-refractivity contribution in [3.8, 4) is 12.3 Å². The zero-order valence-electron chi connectivity index (χ0n) is 11.8. The van der Waals surface area contributed by atoms with E-state index in [-0.39, 0.29) is 12.5 Å². The number of hydrogen-bond donors (Lipinski definition) is 2. The van der Waals surface area contributed by atoms with Crippen LogP contribution in [0, 0.1) is 12.3 Å². The van der Waals surface area contributed by atoms with Gasteiger partial charge in [-0.25, -0.2) is 4.79 Å². The van der Waals surface area contributed by atoms with E-state index in [0.717, 1.165) is 0 Å². The normalized spacial score (nSPS) is 10.3. The second-order valence-corrected chi connectivity index (χ2v) is 5.09. The monoisotopic (exact) mass is 274 g/mol. The number of ether oxygens (including phenoxy) is 1. The number of carbonyl (C=O) groups is 2. The topological polar surface area (TPSA) is 67.4 Å². The molecule has 0 heterocycles. The van der Waals surface area contributed by atoms with Gasteiger partial charge in [0.15, 0.2) is 0 Å². The minimum absolute atomic E-state index is 0.187. The summed E-state index contributed by atoms with van der Waals surface area (Å²) >= 11 is 0. The molecule has 2 N–H and O–H groups in total. The molecule has 0 fully saturated rings. The second-order valence-electron chi connectivity index (χ2n) is 5.09. The SMILES string of the molecule is C#Cc1ccccc1NC(=O)CNC(=O)OC(C)(C)C. The molecule has 0 atom stereocenters. The fourth-order valence-corrected chi connectivity index (χ4v) is 1.38. The van der Waals surface area contributed by atoms with Crippen molar-refractivity contribution in [2.75, 3.05) is 11.9 Å². The smallest absolute Gasteiger partial charge is 0.408 e. The highest BCUT2D eigenvalue weighted by Gasteiger charge is 2.16. The third-order valence-electron chi connectivity index (χ3n) is 2.15.